The van der Waals surface area contributed by atoms with Crippen molar-refractivity contribution in [3.05, 3.63) is 80.2 Å². The number of rotatable bonds is 6. The van der Waals surface area contributed by atoms with Crippen LogP contribution in [-0.4, -0.2) is 14.7 Å². The van der Waals surface area contributed by atoms with Gasteiger partial charge in [0, 0.05) is 32.1 Å². The van der Waals surface area contributed by atoms with Gasteiger partial charge in [0.05, 0.1) is 22.7 Å². The third-order valence-corrected chi connectivity index (χ3v) is 8.66. The zero-order valence-electron chi connectivity index (χ0n) is 18.6. The minimum Gasteiger partial charge on any atom is -0.456 e. The number of hydrogen-bond donors (Lipinski definition) is 0. The lowest BCUT2D eigenvalue weighted by Crippen LogP contribution is -2.25. The standard InChI is InChI=1S/C26H22BrCl2NO3S/c1-3-19-21-13-20(15-4-5-15)24(14-25(21)33-26(19)16-6-8-17(28)9-7-16)30(34(2,31)32)18-10-11-22(27)23(29)12-18/h6-15H,3-5H2,1-2H3. The summed E-state index contributed by atoms with van der Waals surface area (Å²) in [6.07, 6.45) is 4.05. The van der Waals surface area contributed by atoms with Gasteiger partial charge >= 0.3 is 0 Å². The average Bonchev–Trinajstić information content (AvgIpc) is 3.56. The normalized spacial score (nSPS) is 14.0. The number of furan rings is 1. The van der Waals surface area contributed by atoms with E-state index in [0.717, 1.165) is 47.1 Å². The summed E-state index contributed by atoms with van der Waals surface area (Å²) in [6, 6.07) is 16.7. The fraction of sp³-hybridized carbons (Fsp3) is 0.231. The smallest absolute Gasteiger partial charge is 0.236 e. The predicted octanol–water partition coefficient (Wildman–Crippen LogP) is 8.71. The zero-order chi connectivity index (χ0) is 24.2. The number of benzene rings is 3. The number of anilines is 2. The second-order valence-corrected chi connectivity index (χ2v) is 12.1. The van der Waals surface area contributed by atoms with Crippen LogP contribution in [0.2, 0.25) is 10.0 Å². The van der Waals surface area contributed by atoms with Crippen LogP contribution in [0, 0.1) is 0 Å². The molecule has 4 aromatic rings. The minimum atomic E-state index is -3.66. The molecular formula is C26H22BrCl2NO3S. The highest BCUT2D eigenvalue weighted by molar-refractivity contribution is 9.10. The molecule has 0 unspecified atom stereocenters. The Bertz CT molecular complexity index is 1510. The number of hydrogen-bond acceptors (Lipinski definition) is 3. The summed E-state index contributed by atoms with van der Waals surface area (Å²) in [5, 5.41) is 2.12. The highest BCUT2D eigenvalue weighted by Crippen LogP contribution is 2.49. The molecule has 8 heteroatoms. The SMILES string of the molecule is CCc1c(-c2ccc(Cl)cc2)oc2cc(N(c3ccc(Br)c(Cl)c3)S(C)(=O)=O)c(C3CC3)cc12. The summed E-state index contributed by atoms with van der Waals surface area (Å²) in [5.74, 6) is 1.10. The van der Waals surface area contributed by atoms with Gasteiger partial charge < -0.3 is 4.42 Å². The van der Waals surface area contributed by atoms with Gasteiger partial charge in [-0.2, -0.15) is 0 Å². The molecule has 176 valence electrons. The molecule has 1 aliphatic carbocycles. The summed E-state index contributed by atoms with van der Waals surface area (Å²) < 4.78 is 34.6. The van der Waals surface area contributed by atoms with Gasteiger partial charge in [0.15, 0.2) is 0 Å². The van der Waals surface area contributed by atoms with Gasteiger partial charge in [0.25, 0.3) is 0 Å². The first-order chi connectivity index (χ1) is 16.2. The van der Waals surface area contributed by atoms with E-state index in [1.165, 1.54) is 10.6 Å². The van der Waals surface area contributed by atoms with Crippen LogP contribution in [-0.2, 0) is 16.4 Å². The lowest BCUT2D eigenvalue weighted by molar-refractivity contribution is 0.602. The van der Waals surface area contributed by atoms with E-state index >= 15 is 0 Å². The van der Waals surface area contributed by atoms with Crippen LogP contribution in [0.5, 0.6) is 0 Å². The molecule has 0 radical (unpaired) electrons. The number of halogens is 3. The van der Waals surface area contributed by atoms with Crippen LogP contribution >= 0.6 is 39.1 Å². The second kappa shape index (κ2) is 8.90. The molecule has 1 aromatic heterocycles. The first kappa shape index (κ1) is 23.7. The Morgan fingerprint density at radius 1 is 1.06 bits per heavy atom. The van der Waals surface area contributed by atoms with Gasteiger partial charge in [-0.15, -0.1) is 0 Å². The highest BCUT2D eigenvalue weighted by atomic mass is 79.9. The Hall–Kier alpha value is -1.99. The molecule has 0 bridgehead atoms. The Morgan fingerprint density at radius 3 is 2.35 bits per heavy atom. The van der Waals surface area contributed by atoms with Crippen molar-refractivity contribution < 1.29 is 12.8 Å². The maximum Gasteiger partial charge on any atom is 0.236 e. The molecule has 0 atom stereocenters. The molecule has 0 aliphatic heterocycles. The van der Waals surface area contributed by atoms with E-state index in [2.05, 4.69) is 28.9 Å². The van der Waals surface area contributed by atoms with Crippen molar-refractivity contribution in [2.75, 3.05) is 10.6 Å². The van der Waals surface area contributed by atoms with Gasteiger partial charge in [0.2, 0.25) is 10.0 Å². The first-order valence-corrected chi connectivity index (χ1v) is 14.4. The zero-order valence-corrected chi connectivity index (χ0v) is 22.5. The Morgan fingerprint density at radius 2 is 1.76 bits per heavy atom. The summed E-state index contributed by atoms with van der Waals surface area (Å²) in [5.41, 5.74) is 4.79. The fourth-order valence-corrected chi connectivity index (χ4v) is 5.96. The van der Waals surface area contributed by atoms with E-state index in [9.17, 15) is 8.42 Å². The molecular weight excluding hydrogens is 557 g/mol. The van der Waals surface area contributed by atoms with E-state index in [1.807, 2.05) is 30.3 Å². The van der Waals surface area contributed by atoms with Gasteiger partial charge in [-0.1, -0.05) is 30.1 Å². The largest absolute Gasteiger partial charge is 0.456 e. The summed E-state index contributed by atoms with van der Waals surface area (Å²) >= 11 is 15.8. The lowest BCUT2D eigenvalue weighted by Gasteiger charge is -2.25. The van der Waals surface area contributed by atoms with Gasteiger partial charge in [-0.3, -0.25) is 0 Å². The molecule has 3 aromatic carbocycles. The van der Waals surface area contributed by atoms with E-state index in [4.69, 9.17) is 27.6 Å². The van der Waals surface area contributed by atoms with E-state index in [1.54, 1.807) is 18.2 Å². The lowest BCUT2D eigenvalue weighted by atomic mass is 9.99. The molecule has 1 aliphatic rings. The van der Waals surface area contributed by atoms with Gasteiger partial charge in [-0.25, -0.2) is 12.7 Å². The first-order valence-electron chi connectivity index (χ1n) is 11.0. The van der Waals surface area contributed by atoms with Crippen molar-refractivity contribution in [2.24, 2.45) is 0 Å². The summed E-state index contributed by atoms with van der Waals surface area (Å²) in [6.45, 7) is 2.10. The van der Waals surface area contributed by atoms with E-state index in [-0.39, 0.29) is 0 Å². The van der Waals surface area contributed by atoms with Crippen LogP contribution in [0.3, 0.4) is 0 Å². The molecule has 0 amide bonds. The molecule has 0 N–H and O–H groups in total. The Kier molecular flexibility index (Phi) is 6.22. The molecule has 0 spiro atoms. The van der Waals surface area contributed by atoms with Crippen molar-refractivity contribution in [1.29, 1.82) is 0 Å². The number of nitrogens with zero attached hydrogens (tertiary/aromatic N) is 1. The summed E-state index contributed by atoms with van der Waals surface area (Å²) in [7, 11) is -3.66. The molecule has 34 heavy (non-hydrogen) atoms. The molecule has 5 rings (SSSR count). The number of fused-ring (bicyclic) bond motifs is 1. The third-order valence-electron chi connectivity index (χ3n) is 6.11. The van der Waals surface area contributed by atoms with Crippen molar-refractivity contribution >= 4 is 71.5 Å². The van der Waals surface area contributed by atoms with Crippen LogP contribution in [0.1, 0.15) is 36.8 Å². The van der Waals surface area contributed by atoms with E-state index < -0.39 is 10.0 Å². The van der Waals surface area contributed by atoms with Crippen molar-refractivity contribution in [2.45, 2.75) is 32.1 Å². The molecule has 1 fully saturated rings. The Balaban J connectivity index is 1.76. The minimum absolute atomic E-state index is 0.313. The second-order valence-electron chi connectivity index (χ2n) is 8.58. The predicted molar refractivity (Wildman–Crippen MR) is 144 cm³/mol. The van der Waals surface area contributed by atoms with Crippen LogP contribution in [0.15, 0.2) is 63.5 Å². The van der Waals surface area contributed by atoms with Crippen LogP contribution < -0.4 is 4.31 Å². The number of aryl methyl sites for hydroxylation is 1. The van der Waals surface area contributed by atoms with E-state index in [0.29, 0.717) is 37.4 Å². The quantitative estimate of drug-likeness (QED) is 0.230. The average molecular weight is 579 g/mol. The maximum atomic E-state index is 13.1. The van der Waals surface area contributed by atoms with Crippen molar-refractivity contribution in [3.63, 3.8) is 0 Å². The molecule has 4 nitrogen and oxygen atoms in total. The highest BCUT2D eigenvalue weighted by Gasteiger charge is 2.33. The van der Waals surface area contributed by atoms with Gasteiger partial charge in [0.1, 0.15) is 11.3 Å². The molecule has 0 saturated heterocycles. The van der Waals surface area contributed by atoms with Crippen molar-refractivity contribution in [1.82, 2.24) is 0 Å². The fourth-order valence-electron chi connectivity index (χ4n) is 4.40. The Labute approximate surface area is 217 Å². The topological polar surface area (TPSA) is 50.5 Å². The van der Waals surface area contributed by atoms with Gasteiger partial charge in [-0.05, 0) is 95.2 Å². The maximum absolute atomic E-state index is 13.1. The van der Waals surface area contributed by atoms with Crippen molar-refractivity contribution in [3.8, 4) is 11.3 Å². The molecule has 1 saturated carbocycles. The molecule has 1 heterocycles. The summed E-state index contributed by atoms with van der Waals surface area (Å²) in [4.78, 5) is 0. The van der Waals surface area contributed by atoms with Crippen LogP contribution in [0.4, 0.5) is 11.4 Å². The number of sulfonamides is 1. The third kappa shape index (κ3) is 4.37. The van der Waals surface area contributed by atoms with Crippen LogP contribution in [0.25, 0.3) is 22.3 Å². The monoisotopic (exact) mass is 577 g/mol.